The van der Waals surface area contributed by atoms with Crippen molar-refractivity contribution in [1.29, 1.82) is 5.41 Å². The van der Waals surface area contributed by atoms with Crippen LogP contribution in [-0.4, -0.2) is 15.6 Å². The predicted octanol–water partition coefficient (Wildman–Crippen LogP) is 2.11. The third kappa shape index (κ3) is 2.34. The molecule has 0 aliphatic carbocycles. The Kier molecular flexibility index (Phi) is 3.06. The van der Waals surface area contributed by atoms with Gasteiger partial charge in [0.2, 0.25) is 5.88 Å². The van der Waals surface area contributed by atoms with Gasteiger partial charge in [0.25, 0.3) is 0 Å². The Balaban J connectivity index is 2.28. The second kappa shape index (κ2) is 4.52. The van der Waals surface area contributed by atoms with E-state index in [0.29, 0.717) is 11.6 Å². The highest BCUT2D eigenvalue weighted by Gasteiger charge is 2.07. The van der Waals surface area contributed by atoms with Gasteiger partial charge in [-0.15, -0.1) is 0 Å². The van der Waals surface area contributed by atoms with E-state index in [4.69, 9.17) is 15.9 Å². The molecule has 18 heavy (non-hydrogen) atoms. The zero-order valence-corrected chi connectivity index (χ0v) is 10.7. The summed E-state index contributed by atoms with van der Waals surface area (Å²) in [7, 11) is 1.83. The van der Waals surface area contributed by atoms with Gasteiger partial charge in [-0.25, -0.2) is 4.68 Å². The van der Waals surface area contributed by atoms with Gasteiger partial charge < -0.3 is 10.5 Å². The fraction of sp³-hybridized carbons (Fsp3) is 0.231. The van der Waals surface area contributed by atoms with Gasteiger partial charge >= 0.3 is 0 Å². The Labute approximate surface area is 106 Å². The molecular formula is C13H16N4O. The smallest absolute Gasteiger partial charge is 0.217 e. The number of ether oxygens (including phenoxy) is 1. The van der Waals surface area contributed by atoms with Crippen molar-refractivity contribution >= 4 is 5.84 Å². The minimum absolute atomic E-state index is 0.0652. The number of benzene rings is 1. The van der Waals surface area contributed by atoms with Gasteiger partial charge in [-0.05, 0) is 37.6 Å². The second-order valence-corrected chi connectivity index (χ2v) is 4.24. The summed E-state index contributed by atoms with van der Waals surface area (Å²) in [6, 6.07) is 7.32. The summed E-state index contributed by atoms with van der Waals surface area (Å²) in [6.07, 6.45) is 0. The van der Waals surface area contributed by atoms with Crippen LogP contribution in [0.3, 0.4) is 0 Å². The molecule has 2 aromatic rings. The molecule has 0 radical (unpaired) electrons. The third-order valence-corrected chi connectivity index (χ3v) is 2.67. The first-order valence-electron chi connectivity index (χ1n) is 5.61. The van der Waals surface area contributed by atoms with E-state index in [1.54, 1.807) is 16.8 Å². The normalized spacial score (nSPS) is 10.4. The number of nitrogens with two attached hydrogens (primary N) is 1. The second-order valence-electron chi connectivity index (χ2n) is 4.24. The molecule has 1 aromatic carbocycles. The van der Waals surface area contributed by atoms with Crippen LogP contribution >= 0.6 is 0 Å². The molecule has 0 unspecified atom stereocenters. The van der Waals surface area contributed by atoms with E-state index in [1.807, 2.05) is 33.0 Å². The number of aryl methyl sites for hydroxylation is 3. The molecule has 0 aliphatic rings. The Bertz CT molecular complexity index is 601. The average Bonchev–Trinajstić information content (AvgIpc) is 2.57. The Hall–Kier alpha value is -2.30. The summed E-state index contributed by atoms with van der Waals surface area (Å²) in [6.45, 7) is 3.81. The lowest BCUT2D eigenvalue weighted by atomic mass is 10.1. The zero-order chi connectivity index (χ0) is 13.3. The lowest BCUT2D eigenvalue weighted by Crippen LogP contribution is -2.12. The van der Waals surface area contributed by atoms with Crippen LogP contribution in [0.4, 0.5) is 0 Å². The summed E-state index contributed by atoms with van der Waals surface area (Å²) < 4.78 is 7.42. The minimum Gasteiger partial charge on any atom is -0.439 e. The van der Waals surface area contributed by atoms with Gasteiger partial charge in [0.05, 0.1) is 5.69 Å². The Morgan fingerprint density at radius 1 is 1.33 bits per heavy atom. The van der Waals surface area contributed by atoms with Crippen LogP contribution in [0.1, 0.15) is 16.8 Å². The summed E-state index contributed by atoms with van der Waals surface area (Å²) in [4.78, 5) is 0. The van der Waals surface area contributed by atoms with E-state index < -0.39 is 0 Å². The first-order valence-corrected chi connectivity index (χ1v) is 5.61. The number of nitrogen functional groups attached to an aromatic ring is 1. The van der Waals surface area contributed by atoms with Gasteiger partial charge in [0, 0.05) is 18.7 Å². The monoisotopic (exact) mass is 244 g/mol. The SMILES string of the molecule is Cc1cc(Oc2ccc(C(=N)N)c(C)c2)n(C)n1. The molecule has 0 amide bonds. The Morgan fingerprint density at radius 2 is 2.06 bits per heavy atom. The number of hydrogen-bond acceptors (Lipinski definition) is 3. The molecule has 0 spiro atoms. The van der Waals surface area contributed by atoms with E-state index in [1.165, 1.54) is 0 Å². The van der Waals surface area contributed by atoms with E-state index in [2.05, 4.69) is 5.10 Å². The van der Waals surface area contributed by atoms with Crippen molar-refractivity contribution < 1.29 is 4.74 Å². The van der Waals surface area contributed by atoms with Crippen LogP contribution in [-0.2, 0) is 7.05 Å². The fourth-order valence-corrected chi connectivity index (χ4v) is 1.80. The van der Waals surface area contributed by atoms with Crippen LogP contribution in [0.15, 0.2) is 24.3 Å². The fourth-order valence-electron chi connectivity index (χ4n) is 1.80. The van der Waals surface area contributed by atoms with E-state index in [-0.39, 0.29) is 5.84 Å². The number of nitrogens with one attached hydrogen (secondary N) is 1. The maximum atomic E-state index is 7.43. The van der Waals surface area contributed by atoms with Gasteiger partial charge in [-0.2, -0.15) is 5.10 Å². The van der Waals surface area contributed by atoms with Crippen LogP contribution in [0.2, 0.25) is 0 Å². The molecule has 5 heteroatoms. The maximum Gasteiger partial charge on any atom is 0.217 e. The van der Waals surface area contributed by atoms with Crippen LogP contribution in [0.25, 0.3) is 0 Å². The standard InChI is InChI=1S/C13H16N4O/c1-8-6-10(4-5-11(8)13(14)15)18-12-7-9(2)16-17(12)3/h4-7H,1-3H3,(H3,14,15). The van der Waals surface area contributed by atoms with Crippen molar-refractivity contribution in [2.24, 2.45) is 12.8 Å². The minimum atomic E-state index is 0.0652. The molecular weight excluding hydrogens is 228 g/mol. The number of nitrogens with zero attached hydrogens (tertiary/aromatic N) is 2. The third-order valence-electron chi connectivity index (χ3n) is 2.67. The lowest BCUT2D eigenvalue weighted by molar-refractivity contribution is 0.430. The van der Waals surface area contributed by atoms with Gasteiger partial charge in [-0.3, -0.25) is 5.41 Å². The molecule has 5 nitrogen and oxygen atoms in total. The van der Waals surface area contributed by atoms with Crippen LogP contribution in [0.5, 0.6) is 11.6 Å². The first-order chi connectivity index (χ1) is 8.47. The van der Waals surface area contributed by atoms with Crippen LogP contribution in [0, 0.1) is 19.3 Å². The van der Waals surface area contributed by atoms with Gasteiger partial charge in [0.15, 0.2) is 0 Å². The molecule has 1 aromatic heterocycles. The maximum absolute atomic E-state index is 7.43. The molecule has 0 atom stereocenters. The highest BCUT2D eigenvalue weighted by atomic mass is 16.5. The van der Waals surface area contributed by atoms with E-state index in [0.717, 1.165) is 16.8 Å². The van der Waals surface area contributed by atoms with Crippen molar-refractivity contribution in [3.63, 3.8) is 0 Å². The van der Waals surface area contributed by atoms with E-state index in [9.17, 15) is 0 Å². The molecule has 0 fully saturated rings. The summed E-state index contributed by atoms with van der Waals surface area (Å²) in [5.41, 5.74) is 8.02. The largest absolute Gasteiger partial charge is 0.439 e. The molecule has 0 aliphatic heterocycles. The summed E-state index contributed by atoms with van der Waals surface area (Å²) in [5, 5.41) is 11.6. The molecule has 0 saturated carbocycles. The summed E-state index contributed by atoms with van der Waals surface area (Å²) >= 11 is 0. The van der Waals surface area contributed by atoms with Crippen molar-refractivity contribution in [3.8, 4) is 11.6 Å². The number of aromatic nitrogens is 2. The average molecular weight is 244 g/mol. The van der Waals surface area contributed by atoms with Crippen molar-refractivity contribution in [2.75, 3.05) is 0 Å². The number of hydrogen-bond donors (Lipinski definition) is 2. The number of rotatable bonds is 3. The molecule has 3 N–H and O–H groups in total. The first kappa shape index (κ1) is 12.2. The van der Waals surface area contributed by atoms with Gasteiger partial charge in [0.1, 0.15) is 11.6 Å². The topological polar surface area (TPSA) is 76.9 Å². The van der Waals surface area contributed by atoms with Crippen molar-refractivity contribution in [2.45, 2.75) is 13.8 Å². The quantitative estimate of drug-likeness (QED) is 0.641. The van der Waals surface area contributed by atoms with Crippen molar-refractivity contribution in [1.82, 2.24) is 9.78 Å². The zero-order valence-electron chi connectivity index (χ0n) is 10.7. The highest BCUT2D eigenvalue weighted by Crippen LogP contribution is 2.23. The molecule has 2 rings (SSSR count). The molecule has 0 bridgehead atoms. The van der Waals surface area contributed by atoms with Crippen LogP contribution < -0.4 is 10.5 Å². The number of amidine groups is 1. The summed E-state index contributed by atoms with van der Waals surface area (Å²) in [5.74, 6) is 1.46. The molecule has 1 heterocycles. The predicted molar refractivity (Wildman–Crippen MR) is 70.2 cm³/mol. The van der Waals surface area contributed by atoms with E-state index >= 15 is 0 Å². The molecule has 0 saturated heterocycles. The highest BCUT2D eigenvalue weighted by molar-refractivity contribution is 5.96. The molecule has 94 valence electrons. The van der Waals surface area contributed by atoms with Crippen molar-refractivity contribution in [3.05, 3.63) is 41.1 Å². The Morgan fingerprint density at radius 3 is 2.56 bits per heavy atom. The lowest BCUT2D eigenvalue weighted by Gasteiger charge is -2.08. The van der Waals surface area contributed by atoms with Gasteiger partial charge in [-0.1, -0.05) is 0 Å².